The lowest BCUT2D eigenvalue weighted by molar-refractivity contribution is 1.40. The van der Waals surface area contributed by atoms with Crippen molar-refractivity contribution in [2.45, 2.75) is 20.8 Å². The van der Waals surface area contributed by atoms with Crippen molar-refractivity contribution in [1.29, 1.82) is 0 Å². The second kappa shape index (κ2) is 5.57. The summed E-state index contributed by atoms with van der Waals surface area (Å²) in [5.41, 5.74) is 9.21. The molecule has 0 nitrogen and oxygen atoms in total. The van der Waals surface area contributed by atoms with E-state index < -0.39 is 0 Å². The van der Waals surface area contributed by atoms with E-state index in [2.05, 4.69) is 87.5 Å². The Morgan fingerprint density at radius 3 is 1.86 bits per heavy atom. The lowest BCUT2D eigenvalue weighted by atomic mass is 9.91. The second-order valence-corrected chi connectivity index (χ2v) is 5.66. The zero-order valence-corrected chi connectivity index (χ0v) is 12.9. The van der Waals surface area contributed by atoms with E-state index in [4.69, 9.17) is 0 Å². The van der Waals surface area contributed by atoms with Crippen LogP contribution in [0.2, 0.25) is 0 Å². The number of aryl methyl sites for hydroxylation is 2. The van der Waals surface area contributed by atoms with Crippen LogP contribution in [0.3, 0.4) is 0 Å². The van der Waals surface area contributed by atoms with Crippen molar-refractivity contribution in [2.75, 3.05) is 0 Å². The van der Waals surface area contributed by atoms with E-state index in [1.54, 1.807) is 0 Å². The summed E-state index contributed by atoms with van der Waals surface area (Å²) in [5.74, 6) is 0. The molecule has 0 bridgehead atoms. The molecule has 3 aromatic rings. The maximum absolute atomic E-state index is 2.22. The fourth-order valence-electron chi connectivity index (χ4n) is 2.85. The Bertz CT molecular complexity index is 764. The second-order valence-electron chi connectivity index (χ2n) is 5.66. The van der Waals surface area contributed by atoms with Gasteiger partial charge in [-0.25, -0.2) is 0 Å². The molecule has 0 saturated carbocycles. The van der Waals surface area contributed by atoms with Gasteiger partial charge in [-0.1, -0.05) is 72.3 Å². The molecule has 3 rings (SSSR count). The average Bonchev–Trinajstić information content (AvgIpc) is 2.50. The van der Waals surface area contributed by atoms with Crippen LogP contribution in [0, 0.1) is 20.8 Å². The predicted molar refractivity (Wildman–Crippen MR) is 91.5 cm³/mol. The molecule has 0 heteroatoms. The van der Waals surface area contributed by atoms with Crippen molar-refractivity contribution in [3.63, 3.8) is 0 Å². The molecular formula is C21H20. The lowest BCUT2D eigenvalue weighted by Gasteiger charge is -2.14. The molecule has 0 radical (unpaired) electrons. The minimum absolute atomic E-state index is 1.29. The van der Waals surface area contributed by atoms with Crippen LogP contribution in [-0.2, 0) is 0 Å². The van der Waals surface area contributed by atoms with Gasteiger partial charge in [-0.15, -0.1) is 0 Å². The molecule has 0 saturated heterocycles. The van der Waals surface area contributed by atoms with Gasteiger partial charge in [0.05, 0.1) is 0 Å². The maximum atomic E-state index is 2.22. The molecule has 0 spiro atoms. The monoisotopic (exact) mass is 272 g/mol. The van der Waals surface area contributed by atoms with Crippen LogP contribution in [0.25, 0.3) is 22.3 Å². The van der Waals surface area contributed by atoms with Crippen LogP contribution in [0.1, 0.15) is 16.7 Å². The van der Waals surface area contributed by atoms with Crippen LogP contribution in [0.5, 0.6) is 0 Å². The smallest absolute Gasteiger partial charge is 0.0146 e. The molecule has 3 aromatic carbocycles. The maximum Gasteiger partial charge on any atom is -0.0146 e. The standard InChI is InChI=1S/C21H20/c1-15-11-13-18(14-12-15)20-9-6-10-21(17(20)3)19-8-5-4-7-16(19)2/h4-14H,1-3H3. The molecular weight excluding hydrogens is 252 g/mol. The first-order chi connectivity index (χ1) is 10.2. The van der Waals surface area contributed by atoms with E-state index in [0.717, 1.165) is 0 Å². The fraction of sp³-hybridized carbons (Fsp3) is 0.143. The van der Waals surface area contributed by atoms with E-state index in [1.165, 1.54) is 38.9 Å². The zero-order chi connectivity index (χ0) is 14.8. The van der Waals surface area contributed by atoms with Crippen LogP contribution in [0.15, 0.2) is 66.7 Å². The van der Waals surface area contributed by atoms with E-state index in [-0.39, 0.29) is 0 Å². The third-order valence-corrected chi connectivity index (χ3v) is 4.13. The van der Waals surface area contributed by atoms with Gasteiger partial charge in [0.15, 0.2) is 0 Å². The molecule has 21 heavy (non-hydrogen) atoms. The Balaban J connectivity index is 2.16. The van der Waals surface area contributed by atoms with E-state index in [0.29, 0.717) is 0 Å². The van der Waals surface area contributed by atoms with Crippen LogP contribution < -0.4 is 0 Å². The summed E-state index contributed by atoms with van der Waals surface area (Å²) in [5, 5.41) is 0. The summed E-state index contributed by atoms with van der Waals surface area (Å²) < 4.78 is 0. The highest BCUT2D eigenvalue weighted by atomic mass is 14.1. The summed E-state index contributed by atoms with van der Waals surface area (Å²) in [4.78, 5) is 0. The molecule has 0 aliphatic rings. The number of benzene rings is 3. The Morgan fingerprint density at radius 2 is 1.14 bits per heavy atom. The highest BCUT2D eigenvalue weighted by molar-refractivity contribution is 5.79. The van der Waals surface area contributed by atoms with Crippen molar-refractivity contribution in [3.8, 4) is 22.3 Å². The molecule has 0 aliphatic heterocycles. The van der Waals surface area contributed by atoms with Gasteiger partial charge in [-0.05, 0) is 54.2 Å². The van der Waals surface area contributed by atoms with Gasteiger partial charge in [0, 0.05) is 0 Å². The van der Waals surface area contributed by atoms with Crippen LogP contribution in [0.4, 0.5) is 0 Å². The quantitative estimate of drug-likeness (QED) is 0.541. The minimum Gasteiger partial charge on any atom is -0.0620 e. The number of rotatable bonds is 2. The van der Waals surface area contributed by atoms with Gasteiger partial charge in [0.1, 0.15) is 0 Å². The minimum atomic E-state index is 1.29. The molecule has 0 fully saturated rings. The SMILES string of the molecule is Cc1ccc(-c2cccc(-c3ccccc3C)c2C)cc1. The Labute approximate surface area is 127 Å². The average molecular weight is 272 g/mol. The molecule has 0 unspecified atom stereocenters. The summed E-state index contributed by atoms with van der Waals surface area (Å²) in [6.07, 6.45) is 0. The van der Waals surface area contributed by atoms with Crippen molar-refractivity contribution >= 4 is 0 Å². The van der Waals surface area contributed by atoms with E-state index in [9.17, 15) is 0 Å². The van der Waals surface area contributed by atoms with Crippen LogP contribution >= 0.6 is 0 Å². The van der Waals surface area contributed by atoms with Crippen molar-refractivity contribution in [2.24, 2.45) is 0 Å². The Morgan fingerprint density at radius 1 is 0.524 bits per heavy atom. The topological polar surface area (TPSA) is 0 Å². The lowest BCUT2D eigenvalue weighted by Crippen LogP contribution is -1.90. The third kappa shape index (κ3) is 2.62. The van der Waals surface area contributed by atoms with Crippen molar-refractivity contribution < 1.29 is 0 Å². The van der Waals surface area contributed by atoms with Crippen molar-refractivity contribution in [3.05, 3.63) is 83.4 Å². The normalized spacial score (nSPS) is 10.6. The first-order valence-electron chi connectivity index (χ1n) is 7.39. The molecule has 0 aliphatic carbocycles. The number of hydrogen-bond acceptors (Lipinski definition) is 0. The first kappa shape index (κ1) is 13.6. The summed E-state index contributed by atoms with van der Waals surface area (Å²) in [7, 11) is 0. The summed E-state index contributed by atoms with van der Waals surface area (Å²) in [6, 6.07) is 23.9. The molecule has 0 N–H and O–H groups in total. The number of hydrogen-bond donors (Lipinski definition) is 0. The molecule has 0 amide bonds. The van der Waals surface area contributed by atoms with Gasteiger partial charge >= 0.3 is 0 Å². The Kier molecular flexibility index (Phi) is 3.62. The van der Waals surface area contributed by atoms with Gasteiger partial charge in [0.25, 0.3) is 0 Å². The highest BCUT2D eigenvalue weighted by Crippen LogP contribution is 2.33. The van der Waals surface area contributed by atoms with Crippen molar-refractivity contribution in [1.82, 2.24) is 0 Å². The largest absolute Gasteiger partial charge is 0.0620 e. The van der Waals surface area contributed by atoms with E-state index >= 15 is 0 Å². The predicted octanol–water partition coefficient (Wildman–Crippen LogP) is 5.95. The fourth-order valence-corrected chi connectivity index (χ4v) is 2.85. The zero-order valence-electron chi connectivity index (χ0n) is 12.9. The summed E-state index contributed by atoms with van der Waals surface area (Å²) in [6.45, 7) is 6.52. The van der Waals surface area contributed by atoms with Gasteiger partial charge in [0.2, 0.25) is 0 Å². The van der Waals surface area contributed by atoms with Crippen LogP contribution in [-0.4, -0.2) is 0 Å². The third-order valence-electron chi connectivity index (χ3n) is 4.13. The first-order valence-corrected chi connectivity index (χ1v) is 7.39. The van der Waals surface area contributed by atoms with Gasteiger partial charge < -0.3 is 0 Å². The molecule has 0 aromatic heterocycles. The summed E-state index contributed by atoms with van der Waals surface area (Å²) >= 11 is 0. The van der Waals surface area contributed by atoms with Gasteiger partial charge in [-0.2, -0.15) is 0 Å². The highest BCUT2D eigenvalue weighted by Gasteiger charge is 2.09. The molecule has 0 atom stereocenters. The van der Waals surface area contributed by atoms with E-state index in [1.807, 2.05) is 0 Å². The van der Waals surface area contributed by atoms with Gasteiger partial charge in [-0.3, -0.25) is 0 Å². The molecule has 104 valence electrons. The molecule has 0 heterocycles. The Hall–Kier alpha value is -2.34.